The molecule has 62 heavy (non-hydrogen) atoms. The molecule has 0 saturated carbocycles. The van der Waals surface area contributed by atoms with Crippen molar-refractivity contribution in [3.8, 4) is 0 Å². The Balaban J connectivity index is 4.86. The average molecular weight is 893 g/mol. The van der Waals surface area contributed by atoms with E-state index >= 15 is 0 Å². The number of phosphoric ester groups is 1. The van der Waals surface area contributed by atoms with E-state index in [9.17, 15) is 28.9 Å². The first-order valence-corrected chi connectivity index (χ1v) is 25.3. The highest BCUT2D eigenvalue weighted by Crippen LogP contribution is 2.43. The molecule has 0 saturated heterocycles. The zero-order valence-electron chi connectivity index (χ0n) is 38.8. The SMILES string of the molecule is CC/C=C\C/C=C\C/C=C\CCCCCC(=O)OCC(COP(=O)(O)OCC(CO)OC(=O)CCCCCCCCCCC)OC(=O)CCCCC/C=C\C/C=C\C/C=C\CC. The molecule has 0 aromatic carbocycles. The van der Waals surface area contributed by atoms with Gasteiger partial charge in [0, 0.05) is 19.3 Å². The van der Waals surface area contributed by atoms with Crippen molar-refractivity contribution in [1.82, 2.24) is 0 Å². The summed E-state index contributed by atoms with van der Waals surface area (Å²) < 4.78 is 39.1. The molecule has 2 N–H and O–H groups in total. The minimum atomic E-state index is -4.75. The number of carbonyl (C=O) groups is 3. The summed E-state index contributed by atoms with van der Waals surface area (Å²) in [6.07, 6.45) is 46.1. The van der Waals surface area contributed by atoms with Crippen LogP contribution in [0.15, 0.2) is 72.9 Å². The van der Waals surface area contributed by atoms with E-state index in [0.717, 1.165) is 96.3 Å². The summed E-state index contributed by atoms with van der Waals surface area (Å²) >= 11 is 0. The number of hydrogen-bond donors (Lipinski definition) is 2. The average Bonchev–Trinajstić information content (AvgIpc) is 3.25. The summed E-state index contributed by atoms with van der Waals surface area (Å²) in [6, 6.07) is 0. The molecule has 0 aliphatic heterocycles. The largest absolute Gasteiger partial charge is 0.472 e. The van der Waals surface area contributed by atoms with Crippen molar-refractivity contribution in [3.63, 3.8) is 0 Å². The highest BCUT2D eigenvalue weighted by molar-refractivity contribution is 7.47. The van der Waals surface area contributed by atoms with Crippen molar-refractivity contribution >= 4 is 25.7 Å². The number of aliphatic hydroxyl groups excluding tert-OH is 1. The van der Waals surface area contributed by atoms with Gasteiger partial charge >= 0.3 is 25.7 Å². The van der Waals surface area contributed by atoms with Crippen molar-refractivity contribution in [3.05, 3.63) is 72.9 Å². The summed E-state index contributed by atoms with van der Waals surface area (Å²) in [5.74, 6) is -1.54. The van der Waals surface area contributed by atoms with Crippen LogP contribution in [-0.2, 0) is 42.2 Å². The van der Waals surface area contributed by atoms with Crippen molar-refractivity contribution in [2.45, 2.75) is 200 Å². The van der Waals surface area contributed by atoms with E-state index in [1.54, 1.807) is 0 Å². The normalized spacial score (nSPS) is 14.2. The van der Waals surface area contributed by atoms with Crippen LogP contribution in [0.4, 0.5) is 0 Å². The van der Waals surface area contributed by atoms with Gasteiger partial charge in [0.2, 0.25) is 0 Å². The lowest BCUT2D eigenvalue weighted by Crippen LogP contribution is -2.30. The highest BCUT2D eigenvalue weighted by Gasteiger charge is 2.28. The van der Waals surface area contributed by atoms with Crippen LogP contribution in [0.25, 0.3) is 0 Å². The fourth-order valence-corrected chi connectivity index (χ4v) is 6.81. The Hall–Kier alpha value is -3.08. The number of esters is 3. The smallest absolute Gasteiger partial charge is 0.462 e. The molecule has 3 atom stereocenters. The zero-order valence-corrected chi connectivity index (χ0v) is 39.7. The Morgan fingerprint density at radius 2 is 0.839 bits per heavy atom. The minimum Gasteiger partial charge on any atom is -0.462 e. The predicted octanol–water partition coefficient (Wildman–Crippen LogP) is 13.0. The van der Waals surface area contributed by atoms with Crippen LogP contribution in [0.3, 0.4) is 0 Å². The molecule has 0 heterocycles. The first-order chi connectivity index (χ1) is 30.2. The maximum Gasteiger partial charge on any atom is 0.472 e. The fourth-order valence-electron chi connectivity index (χ4n) is 6.03. The summed E-state index contributed by atoms with van der Waals surface area (Å²) in [4.78, 5) is 48.1. The van der Waals surface area contributed by atoms with Crippen LogP contribution in [-0.4, -0.2) is 66.5 Å². The van der Waals surface area contributed by atoms with Crippen LogP contribution in [0, 0.1) is 0 Å². The lowest BCUT2D eigenvalue weighted by atomic mass is 10.1. The zero-order chi connectivity index (χ0) is 45.6. The Bertz CT molecular complexity index is 1320. The number of unbranched alkanes of at least 4 members (excludes halogenated alkanes) is 14. The summed E-state index contributed by atoms with van der Waals surface area (Å²) in [6.45, 7) is 4.28. The van der Waals surface area contributed by atoms with Crippen molar-refractivity contribution < 1.29 is 52.2 Å². The van der Waals surface area contributed by atoms with Gasteiger partial charge in [-0.15, -0.1) is 0 Å². The number of hydrogen-bond acceptors (Lipinski definition) is 10. The second kappa shape index (κ2) is 44.5. The molecule has 0 aliphatic rings. The van der Waals surface area contributed by atoms with E-state index in [0.29, 0.717) is 19.3 Å². The minimum absolute atomic E-state index is 0.124. The van der Waals surface area contributed by atoms with E-state index in [4.69, 9.17) is 23.3 Å². The first kappa shape index (κ1) is 58.9. The van der Waals surface area contributed by atoms with Crippen LogP contribution in [0.1, 0.15) is 188 Å². The molecule has 0 aromatic heterocycles. The van der Waals surface area contributed by atoms with Gasteiger partial charge in [-0.2, -0.15) is 0 Å². The third-order valence-electron chi connectivity index (χ3n) is 9.63. The van der Waals surface area contributed by atoms with Crippen molar-refractivity contribution in [1.29, 1.82) is 0 Å². The molecule has 0 radical (unpaired) electrons. The topological polar surface area (TPSA) is 155 Å². The van der Waals surface area contributed by atoms with E-state index in [1.165, 1.54) is 32.1 Å². The number of carbonyl (C=O) groups excluding carboxylic acids is 3. The van der Waals surface area contributed by atoms with E-state index < -0.39 is 57.8 Å². The predicted molar refractivity (Wildman–Crippen MR) is 251 cm³/mol. The van der Waals surface area contributed by atoms with Crippen LogP contribution >= 0.6 is 7.82 Å². The Labute approximate surface area is 376 Å². The van der Waals surface area contributed by atoms with E-state index in [2.05, 4.69) is 93.7 Å². The van der Waals surface area contributed by atoms with Gasteiger partial charge in [0.1, 0.15) is 12.7 Å². The van der Waals surface area contributed by atoms with Crippen molar-refractivity contribution in [2.24, 2.45) is 0 Å². The Morgan fingerprint density at radius 1 is 0.468 bits per heavy atom. The fraction of sp³-hybridized carbons (Fsp3) is 0.700. The van der Waals surface area contributed by atoms with Gasteiger partial charge in [-0.1, -0.05) is 158 Å². The van der Waals surface area contributed by atoms with Gasteiger partial charge in [0.25, 0.3) is 0 Å². The van der Waals surface area contributed by atoms with Crippen molar-refractivity contribution in [2.75, 3.05) is 26.4 Å². The van der Waals surface area contributed by atoms with Gasteiger partial charge in [-0.05, 0) is 83.5 Å². The summed E-state index contributed by atoms with van der Waals surface area (Å²) in [5.41, 5.74) is 0. The second-order valence-corrected chi connectivity index (χ2v) is 17.0. The first-order valence-electron chi connectivity index (χ1n) is 23.8. The third kappa shape index (κ3) is 42.2. The van der Waals surface area contributed by atoms with Gasteiger partial charge in [-0.25, -0.2) is 4.57 Å². The number of ether oxygens (including phenoxy) is 3. The maximum atomic E-state index is 12.8. The summed E-state index contributed by atoms with van der Waals surface area (Å²) in [7, 11) is -4.75. The molecule has 0 bridgehead atoms. The molecule has 0 fully saturated rings. The molecule has 356 valence electrons. The lowest BCUT2D eigenvalue weighted by Gasteiger charge is -2.21. The molecule has 12 heteroatoms. The number of phosphoric acid groups is 1. The van der Waals surface area contributed by atoms with Gasteiger partial charge in [0.15, 0.2) is 6.10 Å². The van der Waals surface area contributed by atoms with Crippen LogP contribution in [0.2, 0.25) is 0 Å². The highest BCUT2D eigenvalue weighted by atomic mass is 31.2. The quantitative estimate of drug-likeness (QED) is 0.0198. The van der Waals surface area contributed by atoms with Gasteiger partial charge in [-0.3, -0.25) is 23.4 Å². The van der Waals surface area contributed by atoms with Crippen LogP contribution in [0.5, 0.6) is 0 Å². The summed E-state index contributed by atoms with van der Waals surface area (Å²) in [5, 5.41) is 9.72. The third-order valence-corrected chi connectivity index (χ3v) is 10.6. The van der Waals surface area contributed by atoms with E-state index in [-0.39, 0.29) is 25.9 Å². The number of aliphatic hydroxyl groups is 1. The van der Waals surface area contributed by atoms with Gasteiger partial charge < -0.3 is 24.2 Å². The second-order valence-electron chi connectivity index (χ2n) is 15.5. The standard InChI is InChI=1S/C50H85O11P/c1-4-7-10-13-16-19-21-23-25-28-30-33-36-39-48(52)57-43-47(61-50(54)41-38-35-32-29-26-24-22-20-17-14-11-8-5-2)45-59-62(55,56)58-44-46(42-51)60-49(53)40-37-34-31-27-18-15-12-9-6-3/h7-8,10-11,16-17,19-20,23-26,46-47,51H,4-6,9,12-15,18,21-22,27-45H2,1-3H3,(H,55,56)/b10-7-,11-8-,19-16-,20-17-,25-23-,26-24-. The van der Waals surface area contributed by atoms with Gasteiger partial charge in [0.05, 0.1) is 19.8 Å². The lowest BCUT2D eigenvalue weighted by molar-refractivity contribution is -0.161. The molecule has 0 amide bonds. The molecule has 0 spiro atoms. The molecule has 3 unspecified atom stereocenters. The molecule has 0 aliphatic carbocycles. The Kier molecular flexibility index (Phi) is 42.3. The molecule has 11 nitrogen and oxygen atoms in total. The molecule has 0 aromatic rings. The molecule has 0 rings (SSSR count). The number of allylic oxidation sites excluding steroid dienone is 12. The van der Waals surface area contributed by atoms with E-state index in [1.807, 2.05) is 0 Å². The number of rotatable bonds is 43. The Morgan fingerprint density at radius 3 is 1.29 bits per heavy atom. The molecular weight excluding hydrogens is 808 g/mol. The molecular formula is C50H85O11P. The monoisotopic (exact) mass is 893 g/mol. The maximum absolute atomic E-state index is 12.8. The van der Waals surface area contributed by atoms with Crippen LogP contribution < -0.4 is 0 Å².